The molecule has 10 atom stereocenters. The molecule has 0 aliphatic heterocycles. The van der Waals surface area contributed by atoms with E-state index in [2.05, 4.69) is 34.6 Å². The molecular formula is C27H46Cl2O. The van der Waals surface area contributed by atoms with E-state index in [-0.39, 0.29) is 16.9 Å². The average Bonchev–Trinajstić information content (AvgIpc) is 3.01. The lowest BCUT2D eigenvalue weighted by atomic mass is 9.44. The summed E-state index contributed by atoms with van der Waals surface area (Å²) in [6.07, 6.45) is 13.1. The molecule has 0 spiro atoms. The number of hydrogen-bond acceptors (Lipinski definition) is 1. The summed E-state index contributed by atoms with van der Waals surface area (Å²) in [5, 5.41) is 10.4. The van der Waals surface area contributed by atoms with E-state index in [9.17, 15) is 5.11 Å². The largest absolute Gasteiger partial charge is 0.393 e. The van der Waals surface area contributed by atoms with Crippen LogP contribution in [-0.4, -0.2) is 21.5 Å². The molecule has 4 rings (SSSR count). The normalized spacial score (nSPS) is 51.9. The van der Waals surface area contributed by atoms with Gasteiger partial charge in [-0.05, 0) is 97.7 Å². The second kappa shape index (κ2) is 8.39. The maximum atomic E-state index is 10.4. The van der Waals surface area contributed by atoms with Gasteiger partial charge in [-0.2, -0.15) is 0 Å². The SMILES string of the molecule is CC(C)CCC[C@@H](C)[C@H]1CC[C@H]2[C@@H]3CC(Cl)C4(Cl)CC(O)CC[C@]4(C)[C@H]3CC[C@]12C. The first-order valence-electron chi connectivity index (χ1n) is 13.0. The van der Waals surface area contributed by atoms with Crippen LogP contribution in [0.25, 0.3) is 0 Å². The minimum atomic E-state index is -0.427. The van der Waals surface area contributed by atoms with Crippen LogP contribution >= 0.6 is 23.2 Å². The molecule has 3 unspecified atom stereocenters. The smallest absolute Gasteiger partial charge is 0.0690 e. The molecule has 0 aromatic heterocycles. The summed E-state index contributed by atoms with van der Waals surface area (Å²) in [6.45, 7) is 12.3. The molecule has 1 nitrogen and oxygen atoms in total. The van der Waals surface area contributed by atoms with Crippen molar-refractivity contribution in [1.82, 2.24) is 0 Å². The molecular weight excluding hydrogens is 411 g/mol. The Labute approximate surface area is 196 Å². The second-order valence-corrected chi connectivity index (χ2v) is 14.0. The number of rotatable bonds is 5. The molecule has 0 radical (unpaired) electrons. The quantitative estimate of drug-likeness (QED) is 0.414. The monoisotopic (exact) mass is 456 g/mol. The average molecular weight is 458 g/mol. The molecule has 0 bridgehead atoms. The lowest BCUT2D eigenvalue weighted by Gasteiger charge is -2.65. The third-order valence-corrected chi connectivity index (χ3v) is 12.4. The van der Waals surface area contributed by atoms with Gasteiger partial charge in [-0.3, -0.25) is 0 Å². The molecule has 4 aliphatic carbocycles. The molecule has 0 aromatic rings. The number of alkyl halides is 2. The lowest BCUT2D eigenvalue weighted by Crippen LogP contribution is -2.64. The Morgan fingerprint density at radius 1 is 0.967 bits per heavy atom. The van der Waals surface area contributed by atoms with Gasteiger partial charge in [-0.1, -0.05) is 53.9 Å². The zero-order valence-electron chi connectivity index (χ0n) is 20.1. The number of aliphatic hydroxyl groups excluding tert-OH is 1. The first-order valence-corrected chi connectivity index (χ1v) is 13.9. The maximum absolute atomic E-state index is 10.4. The lowest BCUT2D eigenvalue weighted by molar-refractivity contribution is -0.116. The van der Waals surface area contributed by atoms with Crippen molar-refractivity contribution in [3.05, 3.63) is 0 Å². The summed E-state index contributed by atoms with van der Waals surface area (Å²) in [5.74, 6) is 4.79. The highest BCUT2D eigenvalue weighted by atomic mass is 35.5. The van der Waals surface area contributed by atoms with Gasteiger partial charge in [-0.15, -0.1) is 23.2 Å². The van der Waals surface area contributed by atoms with Gasteiger partial charge in [0.1, 0.15) is 0 Å². The van der Waals surface area contributed by atoms with Crippen LogP contribution in [0.3, 0.4) is 0 Å². The fraction of sp³-hybridized carbons (Fsp3) is 1.00. The van der Waals surface area contributed by atoms with Crippen LogP contribution in [0, 0.1) is 46.3 Å². The van der Waals surface area contributed by atoms with E-state index in [0.717, 1.165) is 48.9 Å². The Bertz CT molecular complexity index is 622. The molecule has 4 aliphatic rings. The zero-order chi connectivity index (χ0) is 21.9. The van der Waals surface area contributed by atoms with Crippen LogP contribution in [0.1, 0.15) is 105 Å². The van der Waals surface area contributed by atoms with E-state index in [1.807, 2.05) is 0 Å². The zero-order valence-corrected chi connectivity index (χ0v) is 21.6. The fourth-order valence-electron chi connectivity index (χ4n) is 9.19. The summed E-state index contributed by atoms with van der Waals surface area (Å²) >= 11 is 14.4. The summed E-state index contributed by atoms with van der Waals surface area (Å²) in [5.41, 5.74) is 0.567. The molecule has 0 saturated heterocycles. The Hall–Kier alpha value is 0.540. The van der Waals surface area contributed by atoms with Crippen molar-refractivity contribution in [1.29, 1.82) is 0 Å². The van der Waals surface area contributed by atoms with Gasteiger partial charge in [0.05, 0.1) is 16.4 Å². The maximum Gasteiger partial charge on any atom is 0.0690 e. The molecule has 0 amide bonds. The highest BCUT2D eigenvalue weighted by molar-refractivity contribution is 6.33. The topological polar surface area (TPSA) is 20.2 Å². The van der Waals surface area contributed by atoms with Crippen LogP contribution in [0.15, 0.2) is 0 Å². The molecule has 1 N–H and O–H groups in total. The predicted octanol–water partition coefficient (Wildman–Crippen LogP) is 8.05. The highest BCUT2D eigenvalue weighted by Crippen LogP contribution is 2.71. The van der Waals surface area contributed by atoms with E-state index in [1.54, 1.807) is 0 Å². The molecule has 174 valence electrons. The number of hydrogen-bond donors (Lipinski definition) is 1. The number of aliphatic hydroxyl groups is 1. The molecule has 4 fully saturated rings. The van der Waals surface area contributed by atoms with Gasteiger partial charge < -0.3 is 5.11 Å². The second-order valence-electron chi connectivity index (χ2n) is 12.8. The molecule has 0 aromatic carbocycles. The van der Waals surface area contributed by atoms with E-state index in [4.69, 9.17) is 23.2 Å². The van der Waals surface area contributed by atoms with Crippen molar-refractivity contribution in [3.63, 3.8) is 0 Å². The van der Waals surface area contributed by atoms with Crippen LogP contribution in [0.5, 0.6) is 0 Å². The van der Waals surface area contributed by atoms with Crippen molar-refractivity contribution in [2.75, 3.05) is 0 Å². The molecule has 0 heterocycles. The van der Waals surface area contributed by atoms with Crippen LogP contribution in [0.2, 0.25) is 0 Å². The minimum absolute atomic E-state index is 0.00904. The van der Waals surface area contributed by atoms with Crippen molar-refractivity contribution in [3.8, 4) is 0 Å². The Morgan fingerprint density at radius 3 is 2.40 bits per heavy atom. The third-order valence-electron chi connectivity index (χ3n) is 10.9. The van der Waals surface area contributed by atoms with E-state index in [0.29, 0.717) is 17.8 Å². The van der Waals surface area contributed by atoms with Crippen molar-refractivity contribution < 1.29 is 5.11 Å². The summed E-state index contributed by atoms with van der Waals surface area (Å²) in [7, 11) is 0. The van der Waals surface area contributed by atoms with Gasteiger partial charge >= 0.3 is 0 Å². The van der Waals surface area contributed by atoms with Crippen molar-refractivity contribution in [2.24, 2.45) is 46.3 Å². The number of fused-ring (bicyclic) bond motifs is 5. The predicted molar refractivity (Wildman–Crippen MR) is 129 cm³/mol. The van der Waals surface area contributed by atoms with E-state index < -0.39 is 4.87 Å². The fourth-order valence-corrected chi connectivity index (χ4v) is 10.2. The first kappa shape index (κ1) is 23.7. The molecule has 4 saturated carbocycles. The van der Waals surface area contributed by atoms with Crippen molar-refractivity contribution in [2.45, 2.75) is 122 Å². The van der Waals surface area contributed by atoms with Crippen LogP contribution in [-0.2, 0) is 0 Å². The van der Waals surface area contributed by atoms with Gasteiger partial charge in [0, 0.05) is 0 Å². The third kappa shape index (κ3) is 3.60. The highest BCUT2D eigenvalue weighted by Gasteiger charge is 2.67. The van der Waals surface area contributed by atoms with E-state index >= 15 is 0 Å². The Balaban J connectivity index is 1.53. The van der Waals surface area contributed by atoms with Gasteiger partial charge in [0.25, 0.3) is 0 Å². The number of halogens is 2. The molecule has 3 heteroatoms. The van der Waals surface area contributed by atoms with Crippen LogP contribution < -0.4 is 0 Å². The summed E-state index contributed by atoms with van der Waals surface area (Å²) in [6, 6.07) is 0. The summed E-state index contributed by atoms with van der Waals surface area (Å²) in [4.78, 5) is -0.427. The Morgan fingerprint density at radius 2 is 1.70 bits per heavy atom. The summed E-state index contributed by atoms with van der Waals surface area (Å²) < 4.78 is 0. The van der Waals surface area contributed by atoms with Crippen molar-refractivity contribution >= 4 is 23.2 Å². The van der Waals surface area contributed by atoms with Crippen LogP contribution in [0.4, 0.5) is 0 Å². The van der Waals surface area contributed by atoms with Gasteiger partial charge in [0.2, 0.25) is 0 Å². The molecule has 30 heavy (non-hydrogen) atoms. The van der Waals surface area contributed by atoms with Gasteiger partial charge in [-0.25, -0.2) is 0 Å². The van der Waals surface area contributed by atoms with Gasteiger partial charge in [0.15, 0.2) is 0 Å². The Kier molecular flexibility index (Phi) is 6.63. The minimum Gasteiger partial charge on any atom is -0.393 e. The standard InChI is InChI=1S/C27H46Cl2O/c1-17(2)7-6-8-18(3)21-9-10-22-20-15-24(28)27(29)16-19(30)11-14-26(27,5)23(20)12-13-25(21,22)4/h17-24,30H,6-16H2,1-5H3/t18-,19?,20+,21-,22+,23+,24?,25-,26-,27?/m1/s1. The van der Waals surface area contributed by atoms with E-state index in [1.165, 1.54) is 44.9 Å². The first-order chi connectivity index (χ1) is 14.0.